The van der Waals surface area contributed by atoms with E-state index in [4.69, 9.17) is 4.74 Å². The van der Waals surface area contributed by atoms with Gasteiger partial charge < -0.3 is 10.1 Å². The van der Waals surface area contributed by atoms with Crippen molar-refractivity contribution >= 4 is 5.91 Å². The Hall–Kier alpha value is -2.29. The van der Waals surface area contributed by atoms with Crippen LogP contribution in [0.3, 0.4) is 0 Å². The van der Waals surface area contributed by atoms with Crippen LogP contribution in [0.4, 0.5) is 0 Å². The first kappa shape index (κ1) is 17.1. The Balaban J connectivity index is 2.19. The molecule has 0 aromatic heterocycles. The van der Waals surface area contributed by atoms with Crippen molar-refractivity contribution in [2.75, 3.05) is 7.11 Å². The Morgan fingerprint density at radius 2 is 1.83 bits per heavy atom. The Morgan fingerprint density at radius 1 is 1.13 bits per heavy atom. The molecule has 0 aliphatic rings. The van der Waals surface area contributed by atoms with Gasteiger partial charge in [-0.05, 0) is 41.7 Å². The Morgan fingerprint density at radius 3 is 2.39 bits per heavy atom. The maximum absolute atomic E-state index is 12.6. The molecule has 1 amide bonds. The number of ether oxygens (including phenoxy) is 1. The molecule has 2 aromatic carbocycles. The molecule has 122 valence electrons. The molecule has 0 fully saturated rings. The lowest BCUT2D eigenvalue weighted by Crippen LogP contribution is -2.31. The van der Waals surface area contributed by atoms with Crippen LogP contribution in [0.25, 0.3) is 0 Å². The minimum Gasteiger partial charge on any atom is -0.497 e. The number of carbonyl (C=O) groups is 1. The first-order chi connectivity index (χ1) is 11.0. The number of hydrogen-bond donors (Lipinski definition) is 1. The highest BCUT2D eigenvalue weighted by molar-refractivity contribution is 5.94. The monoisotopic (exact) mass is 311 g/mol. The van der Waals surface area contributed by atoms with E-state index >= 15 is 0 Å². The molecule has 1 N–H and O–H groups in total. The predicted octanol–water partition coefficient (Wildman–Crippen LogP) is 4.38. The predicted molar refractivity (Wildman–Crippen MR) is 93.9 cm³/mol. The van der Waals surface area contributed by atoms with E-state index in [1.165, 1.54) is 5.56 Å². The lowest BCUT2D eigenvalue weighted by atomic mass is 9.94. The standard InChI is InChI=1S/C20H25NO2/c1-5-15-9-11-16(12-10-15)19(14(2)3)21-20(22)17-7-6-8-18(13-17)23-4/h6-14,19H,5H2,1-4H3,(H,21,22)/t19-/m1/s1. The molecule has 0 aliphatic heterocycles. The molecule has 0 aliphatic carbocycles. The smallest absolute Gasteiger partial charge is 0.251 e. The lowest BCUT2D eigenvalue weighted by Gasteiger charge is -2.23. The van der Waals surface area contributed by atoms with E-state index in [1.807, 2.05) is 12.1 Å². The topological polar surface area (TPSA) is 38.3 Å². The maximum Gasteiger partial charge on any atom is 0.251 e. The van der Waals surface area contributed by atoms with Crippen LogP contribution in [0.5, 0.6) is 5.75 Å². The number of methoxy groups -OCH3 is 1. The number of rotatable bonds is 6. The molecule has 0 saturated heterocycles. The molecular formula is C20H25NO2. The molecule has 0 saturated carbocycles. The van der Waals surface area contributed by atoms with Gasteiger partial charge in [0, 0.05) is 5.56 Å². The minimum atomic E-state index is -0.0813. The van der Waals surface area contributed by atoms with Crippen LogP contribution >= 0.6 is 0 Å². The van der Waals surface area contributed by atoms with Gasteiger partial charge in [-0.25, -0.2) is 0 Å². The highest BCUT2D eigenvalue weighted by atomic mass is 16.5. The third kappa shape index (κ3) is 4.35. The van der Waals surface area contributed by atoms with Crippen LogP contribution in [0.2, 0.25) is 0 Å². The second-order valence-corrected chi connectivity index (χ2v) is 6.02. The van der Waals surface area contributed by atoms with Crippen molar-refractivity contribution in [2.45, 2.75) is 33.2 Å². The number of nitrogens with one attached hydrogen (secondary N) is 1. The van der Waals surface area contributed by atoms with Gasteiger partial charge in [-0.1, -0.05) is 51.1 Å². The molecular weight excluding hydrogens is 286 g/mol. The fourth-order valence-electron chi connectivity index (χ4n) is 2.58. The zero-order valence-electron chi connectivity index (χ0n) is 14.3. The number of amides is 1. The Labute approximate surface area is 138 Å². The van der Waals surface area contributed by atoms with Gasteiger partial charge in [0.05, 0.1) is 13.2 Å². The number of aryl methyl sites for hydroxylation is 1. The van der Waals surface area contributed by atoms with Crippen molar-refractivity contribution in [3.8, 4) is 5.75 Å². The van der Waals surface area contributed by atoms with Gasteiger partial charge in [-0.3, -0.25) is 4.79 Å². The zero-order chi connectivity index (χ0) is 16.8. The van der Waals surface area contributed by atoms with E-state index < -0.39 is 0 Å². The molecule has 3 nitrogen and oxygen atoms in total. The SMILES string of the molecule is CCc1ccc([C@H](NC(=O)c2cccc(OC)c2)C(C)C)cc1. The molecule has 2 aromatic rings. The van der Waals surface area contributed by atoms with Crippen LogP contribution in [-0.2, 0) is 6.42 Å². The zero-order valence-corrected chi connectivity index (χ0v) is 14.3. The van der Waals surface area contributed by atoms with E-state index in [0.717, 1.165) is 12.0 Å². The van der Waals surface area contributed by atoms with Crippen LogP contribution < -0.4 is 10.1 Å². The van der Waals surface area contributed by atoms with Gasteiger partial charge in [-0.15, -0.1) is 0 Å². The summed E-state index contributed by atoms with van der Waals surface area (Å²) >= 11 is 0. The summed E-state index contributed by atoms with van der Waals surface area (Å²) in [4.78, 5) is 12.6. The molecule has 1 atom stereocenters. The third-order valence-corrected chi connectivity index (χ3v) is 4.03. The number of carbonyl (C=O) groups excluding carboxylic acids is 1. The summed E-state index contributed by atoms with van der Waals surface area (Å²) in [6, 6.07) is 15.7. The largest absolute Gasteiger partial charge is 0.497 e. The quantitative estimate of drug-likeness (QED) is 0.859. The maximum atomic E-state index is 12.6. The van der Waals surface area contributed by atoms with Crippen molar-refractivity contribution in [1.29, 1.82) is 0 Å². The minimum absolute atomic E-state index is 0.0143. The summed E-state index contributed by atoms with van der Waals surface area (Å²) in [5.74, 6) is 0.908. The Kier molecular flexibility index (Phi) is 5.80. The van der Waals surface area contributed by atoms with E-state index in [-0.39, 0.29) is 11.9 Å². The van der Waals surface area contributed by atoms with Crippen molar-refractivity contribution in [3.63, 3.8) is 0 Å². The summed E-state index contributed by atoms with van der Waals surface area (Å²) in [5.41, 5.74) is 3.05. The van der Waals surface area contributed by atoms with Crippen molar-refractivity contribution in [3.05, 3.63) is 65.2 Å². The molecule has 0 unspecified atom stereocenters. The average Bonchev–Trinajstić information content (AvgIpc) is 2.59. The molecule has 23 heavy (non-hydrogen) atoms. The fourth-order valence-corrected chi connectivity index (χ4v) is 2.58. The van der Waals surface area contributed by atoms with E-state index in [0.29, 0.717) is 17.2 Å². The van der Waals surface area contributed by atoms with E-state index in [1.54, 1.807) is 19.2 Å². The van der Waals surface area contributed by atoms with Gasteiger partial charge in [-0.2, -0.15) is 0 Å². The fraction of sp³-hybridized carbons (Fsp3) is 0.350. The van der Waals surface area contributed by atoms with Crippen molar-refractivity contribution in [1.82, 2.24) is 5.32 Å². The Bertz CT molecular complexity index is 647. The highest BCUT2D eigenvalue weighted by Gasteiger charge is 2.19. The summed E-state index contributed by atoms with van der Waals surface area (Å²) in [6.45, 7) is 6.37. The van der Waals surface area contributed by atoms with E-state index in [2.05, 4.69) is 50.4 Å². The van der Waals surface area contributed by atoms with Gasteiger partial charge in [0.25, 0.3) is 5.91 Å². The van der Waals surface area contributed by atoms with Crippen LogP contribution in [-0.4, -0.2) is 13.0 Å². The molecule has 0 spiro atoms. The normalized spacial score (nSPS) is 12.0. The summed E-state index contributed by atoms with van der Waals surface area (Å²) in [5, 5.41) is 3.14. The molecule has 3 heteroatoms. The van der Waals surface area contributed by atoms with Crippen molar-refractivity contribution < 1.29 is 9.53 Å². The molecule has 0 heterocycles. The first-order valence-electron chi connectivity index (χ1n) is 8.09. The molecule has 2 rings (SSSR count). The molecule has 0 bridgehead atoms. The van der Waals surface area contributed by atoms with E-state index in [9.17, 15) is 4.79 Å². The van der Waals surface area contributed by atoms with Gasteiger partial charge in [0.1, 0.15) is 5.75 Å². The summed E-state index contributed by atoms with van der Waals surface area (Å²) in [7, 11) is 1.60. The number of benzene rings is 2. The highest BCUT2D eigenvalue weighted by Crippen LogP contribution is 2.23. The number of hydrogen-bond acceptors (Lipinski definition) is 2. The van der Waals surface area contributed by atoms with Gasteiger partial charge in [0.2, 0.25) is 0 Å². The summed E-state index contributed by atoms with van der Waals surface area (Å²) in [6.07, 6.45) is 1.02. The second-order valence-electron chi connectivity index (χ2n) is 6.02. The molecule has 0 radical (unpaired) electrons. The van der Waals surface area contributed by atoms with Crippen LogP contribution in [0, 0.1) is 5.92 Å². The van der Waals surface area contributed by atoms with Crippen LogP contribution in [0.15, 0.2) is 48.5 Å². The van der Waals surface area contributed by atoms with Crippen LogP contribution in [0.1, 0.15) is 48.3 Å². The lowest BCUT2D eigenvalue weighted by molar-refractivity contribution is 0.0925. The second kappa shape index (κ2) is 7.82. The van der Waals surface area contributed by atoms with Gasteiger partial charge >= 0.3 is 0 Å². The van der Waals surface area contributed by atoms with Gasteiger partial charge in [0.15, 0.2) is 0 Å². The first-order valence-corrected chi connectivity index (χ1v) is 8.09. The van der Waals surface area contributed by atoms with Crippen molar-refractivity contribution in [2.24, 2.45) is 5.92 Å². The third-order valence-electron chi connectivity index (χ3n) is 4.03. The average molecular weight is 311 g/mol. The summed E-state index contributed by atoms with van der Waals surface area (Å²) < 4.78 is 5.19.